The smallest absolute Gasteiger partial charge is 0.131 e. The lowest BCUT2D eigenvalue weighted by Gasteiger charge is -2.50. The second kappa shape index (κ2) is 11.2. The van der Waals surface area contributed by atoms with Gasteiger partial charge in [0.25, 0.3) is 0 Å². The van der Waals surface area contributed by atoms with Crippen molar-refractivity contribution in [2.24, 2.45) is 5.92 Å². The number of fused-ring (bicyclic) bond motifs is 1. The van der Waals surface area contributed by atoms with E-state index < -0.39 is 6.10 Å². The van der Waals surface area contributed by atoms with E-state index in [9.17, 15) is 5.11 Å². The summed E-state index contributed by atoms with van der Waals surface area (Å²) in [6.07, 6.45) is 4.90. The van der Waals surface area contributed by atoms with E-state index in [1.54, 1.807) is 7.11 Å². The van der Waals surface area contributed by atoms with Gasteiger partial charge in [0.2, 0.25) is 0 Å². The van der Waals surface area contributed by atoms with Gasteiger partial charge in [-0.25, -0.2) is 0 Å². The van der Waals surface area contributed by atoms with Gasteiger partial charge in [-0.2, -0.15) is 0 Å². The normalized spacial score (nSPS) is 22.1. The SMILES string of the molecule is CCC1CCC[N+](Cc2cc(C(C)(C)C)cc(C(C)(C)C)c2)(C(C)C(O)c2ccnc3ccc(OC)cc23)C1. The summed E-state index contributed by atoms with van der Waals surface area (Å²) < 4.78 is 6.43. The Labute approximate surface area is 237 Å². The van der Waals surface area contributed by atoms with Crippen molar-refractivity contribution in [3.05, 3.63) is 70.9 Å². The minimum atomic E-state index is -0.605. The predicted molar refractivity (Wildman–Crippen MR) is 163 cm³/mol. The van der Waals surface area contributed by atoms with E-state index in [4.69, 9.17) is 4.74 Å². The Bertz CT molecular complexity index is 1250. The quantitative estimate of drug-likeness (QED) is 0.313. The number of benzene rings is 2. The zero-order valence-corrected chi connectivity index (χ0v) is 25.8. The largest absolute Gasteiger partial charge is 0.497 e. The molecular formula is C35H51N2O2+. The molecule has 2 heterocycles. The van der Waals surface area contributed by atoms with Crippen LogP contribution in [0.1, 0.15) is 103 Å². The molecule has 1 saturated heterocycles. The van der Waals surface area contributed by atoms with Gasteiger partial charge in [0.05, 0.1) is 25.7 Å². The molecule has 4 heteroatoms. The first-order valence-electron chi connectivity index (χ1n) is 14.9. The molecule has 212 valence electrons. The lowest BCUT2D eigenvalue weighted by atomic mass is 9.79. The van der Waals surface area contributed by atoms with Crippen LogP contribution in [0, 0.1) is 5.92 Å². The van der Waals surface area contributed by atoms with Crippen LogP contribution in [0.15, 0.2) is 48.7 Å². The highest BCUT2D eigenvalue weighted by Crippen LogP contribution is 2.39. The van der Waals surface area contributed by atoms with Crippen LogP contribution >= 0.6 is 0 Å². The molecule has 39 heavy (non-hydrogen) atoms. The summed E-state index contributed by atoms with van der Waals surface area (Å²) in [5.74, 6) is 1.47. The molecule has 4 nitrogen and oxygen atoms in total. The van der Waals surface area contributed by atoms with Crippen molar-refractivity contribution in [2.75, 3.05) is 20.2 Å². The van der Waals surface area contributed by atoms with Crippen LogP contribution in [-0.2, 0) is 17.4 Å². The number of nitrogens with zero attached hydrogens (tertiary/aromatic N) is 2. The number of methoxy groups -OCH3 is 1. The minimum absolute atomic E-state index is 0.0348. The Morgan fingerprint density at radius 2 is 1.67 bits per heavy atom. The Hall–Kier alpha value is -2.43. The Morgan fingerprint density at radius 1 is 1.00 bits per heavy atom. The number of quaternary nitrogens is 1. The van der Waals surface area contributed by atoms with Gasteiger partial charge in [0, 0.05) is 23.1 Å². The molecular weight excluding hydrogens is 480 g/mol. The topological polar surface area (TPSA) is 42.4 Å². The first kappa shape index (κ1) is 29.6. The van der Waals surface area contributed by atoms with Crippen molar-refractivity contribution in [1.29, 1.82) is 0 Å². The van der Waals surface area contributed by atoms with Crippen molar-refractivity contribution < 1.29 is 14.3 Å². The van der Waals surface area contributed by atoms with Crippen LogP contribution in [0.2, 0.25) is 0 Å². The fraction of sp³-hybridized carbons (Fsp3) is 0.571. The number of aromatic nitrogens is 1. The van der Waals surface area contributed by atoms with Crippen LogP contribution in [-0.4, -0.2) is 40.8 Å². The first-order valence-corrected chi connectivity index (χ1v) is 14.9. The van der Waals surface area contributed by atoms with E-state index in [2.05, 4.69) is 78.6 Å². The molecule has 4 rings (SSSR count). The third-order valence-corrected chi connectivity index (χ3v) is 9.26. The maximum atomic E-state index is 12.1. The molecule has 2 aromatic carbocycles. The summed E-state index contributed by atoms with van der Waals surface area (Å²) in [5.41, 5.74) is 6.18. The van der Waals surface area contributed by atoms with Crippen molar-refractivity contribution in [3.8, 4) is 5.75 Å². The summed E-state index contributed by atoms with van der Waals surface area (Å²) >= 11 is 0. The summed E-state index contributed by atoms with van der Waals surface area (Å²) in [6, 6.07) is 15.3. The third kappa shape index (κ3) is 6.33. The molecule has 1 fully saturated rings. The van der Waals surface area contributed by atoms with Gasteiger partial charge in [-0.05, 0) is 90.1 Å². The third-order valence-electron chi connectivity index (χ3n) is 9.26. The lowest BCUT2D eigenvalue weighted by Crippen LogP contribution is -2.60. The molecule has 3 aromatic rings. The van der Waals surface area contributed by atoms with Gasteiger partial charge in [0.1, 0.15) is 24.4 Å². The number of hydrogen-bond acceptors (Lipinski definition) is 3. The van der Waals surface area contributed by atoms with Gasteiger partial charge in [-0.3, -0.25) is 4.98 Å². The zero-order chi connectivity index (χ0) is 28.6. The van der Waals surface area contributed by atoms with E-state index in [1.807, 2.05) is 30.5 Å². The maximum absolute atomic E-state index is 12.1. The molecule has 0 spiro atoms. The fourth-order valence-electron chi connectivity index (χ4n) is 6.49. The Balaban J connectivity index is 1.80. The molecule has 0 bridgehead atoms. The van der Waals surface area contributed by atoms with Crippen molar-refractivity contribution in [2.45, 2.75) is 104 Å². The number of ether oxygens (including phenoxy) is 1. The van der Waals surface area contributed by atoms with Gasteiger partial charge in [-0.15, -0.1) is 0 Å². The van der Waals surface area contributed by atoms with Crippen LogP contribution in [0.25, 0.3) is 10.9 Å². The second-order valence-electron chi connectivity index (χ2n) is 14.1. The highest BCUT2D eigenvalue weighted by molar-refractivity contribution is 5.83. The van der Waals surface area contributed by atoms with E-state index in [1.165, 1.54) is 36.0 Å². The molecule has 4 atom stereocenters. The molecule has 0 saturated carbocycles. The predicted octanol–water partition coefficient (Wildman–Crippen LogP) is 8.10. The summed E-state index contributed by atoms with van der Waals surface area (Å²) in [7, 11) is 1.69. The number of pyridine rings is 1. The molecule has 1 aliphatic heterocycles. The zero-order valence-electron chi connectivity index (χ0n) is 25.8. The van der Waals surface area contributed by atoms with Gasteiger partial charge >= 0.3 is 0 Å². The van der Waals surface area contributed by atoms with Crippen LogP contribution < -0.4 is 4.74 Å². The van der Waals surface area contributed by atoms with Crippen LogP contribution in [0.4, 0.5) is 0 Å². The van der Waals surface area contributed by atoms with E-state index >= 15 is 0 Å². The number of aliphatic hydroxyl groups is 1. The molecule has 0 aliphatic carbocycles. The van der Waals surface area contributed by atoms with Gasteiger partial charge in [0.15, 0.2) is 0 Å². The maximum Gasteiger partial charge on any atom is 0.131 e. The number of piperidine rings is 1. The second-order valence-corrected chi connectivity index (χ2v) is 14.1. The summed E-state index contributed by atoms with van der Waals surface area (Å²) in [4.78, 5) is 4.58. The average Bonchev–Trinajstić information content (AvgIpc) is 2.90. The average molecular weight is 532 g/mol. The van der Waals surface area contributed by atoms with Crippen molar-refractivity contribution in [1.82, 2.24) is 4.98 Å². The first-order chi connectivity index (χ1) is 18.3. The van der Waals surface area contributed by atoms with Crippen LogP contribution in [0.5, 0.6) is 5.75 Å². The summed E-state index contributed by atoms with van der Waals surface area (Å²) in [6.45, 7) is 21.6. The molecule has 0 radical (unpaired) electrons. The number of aliphatic hydroxyl groups excluding tert-OH is 1. The van der Waals surface area contributed by atoms with Gasteiger partial charge in [-0.1, -0.05) is 54.5 Å². The monoisotopic (exact) mass is 531 g/mol. The van der Waals surface area contributed by atoms with Gasteiger partial charge < -0.3 is 14.3 Å². The van der Waals surface area contributed by atoms with E-state index in [-0.39, 0.29) is 16.9 Å². The number of rotatable bonds is 7. The lowest BCUT2D eigenvalue weighted by molar-refractivity contribution is -0.972. The molecule has 4 unspecified atom stereocenters. The van der Waals surface area contributed by atoms with Crippen molar-refractivity contribution >= 4 is 10.9 Å². The van der Waals surface area contributed by atoms with Crippen molar-refractivity contribution in [3.63, 3.8) is 0 Å². The fourth-order valence-corrected chi connectivity index (χ4v) is 6.49. The Kier molecular flexibility index (Phi) is 8.50. The molecule has 1 aromatic heterocycles. The number of likely N-dealkylation sites (tertiary alicyclic amines) is 1. The number of hydrogen-bond donors (Lipinski definition) is 1. The van der Waals surface area contributed by atoms with Crippen LogP contribution in [0.3, 0.4) is 0 Å². The standard InChI is InChI=1S/C35H51N2O2/c1-10-25-12-11-17-37(22-25,23-26-18-27(34(3,4)5)20-28(19-26)35(6,7)8)24(2)33(38)30-15-16-36-32-14-13-29(39-9)21-31(30)32/h13-16,18-21,24-25,33,38H,10-12,17,22-23H2,1-9H3/q+1. The molecule has 1 aliphatic rings. The molecule has 0 amide bonds. The molecule has 1 N–H and O–H groups in total. The highest BCUT2D eigenvalue weighted by atomic mass is 16.5. The summed E-state index contributed by atoms with van der Waals surface area (Å²) in [5, 5.41) is 13.1. The Morgan fingerprint density at radius 3 is 2.26 bits per heavy atom. The van der Waals surface area contributed by atoms with E-state index in [0.717, 1.165) is 46.3 Å². The minimum Gasteiger partial charge on any atom is -0.497 e. The highest BCUT2D eigenvalue weighted by Gasteiger charge is 2.43. The van der Waals surface area contributed by atoms with E-state index in [0.29, 0.717) is 5.92 Å².